The number of benzene rings is 2. The summed E-state index contributed by atoms with van der Waals surface area (Å²) in [6.45, 7) is 1.53. The Morgan fingerprint density at radius 1 is 1.08 bits per heavy atom. The van der Waals surface area contributed by atoms with E-state index in [1.54, 1.807) is 55.6 Å². The second kappa shape index (κ2) is 7.56. The van der Waals surface area contributed by atoms with E-state index in [0.717, 1.165) is 0 Å². The Balaban J connectivity index is 1.76. The number of tetrazole rings is 1. The van der Waals surface area contributed by atoms with Crippen molar-refractivity contribution in [3.8, 4) is 11.4 Å². The molecule has 8 nitrogen and oxygen atoms in total. The van der Waals surface area contributed by atoms with E-state index in [1.165, 1.54) is 17.9 Å². The second-order valence-electron chi connectivity index (χ2n) is 5.41. The molecule has 0 saturated heterocycles. The monoisotopic (exact) mass is 352 g/mol. The lowest BCUT2D eigenvalue weighted by Crippen LogP contribution is -2.25. The minimum absolute atomic E-state index is 0.259. The number of Topliss-reactive ketones (excluding diaryl/α,β-unsaturated/α-hetero) is 1. The molecule has 0 aliphatic rings. The first kappa shape index (κ1) is 17.3. The largest absolute Gasteiger partial charge is 0.497 e. The van der Waals surface area contributed by atoms with Crippen molar-refractivity contribution in [3.63, 3.8) is 0 Å². The maximum atomic E-state index is 12.5. The minimum Gasteiger partial charge on any atom is -0.497 e. The maximum Gasteiger partial charge on any atom is 0.341 e. The minimum atomic E-state index is -0.946. The SMILES string of the molecule is COc1ccc(C(=O)[C@H](C)OC(=O)c2ccccc2-n2cnnn2)cc1. The smallest absolute Gasteiger partial charge is 0.341 e. The Hall–Kier alpha value is -3.55. The fourth-order valence-corrected chi connectivity index (χ4v) is 2.39. The highest BCUT2D eigenvalue weighted by Gasteiger charge is 2.22. The summed E-state index contributed by atoms with van der Waals surface area (Å²) in [4.78, 5) is 25.0. The Kier molecular flexibility index (Phi) is 5.02. The maximum absolute atomic E-state index is 12.5. The molecule has 0 N–H and O–H groups in total. The van der Waals surface area contributed by atoms with E-state index in [9.17, 15) is 9.59 Å². The highest BCUT2D eigenvalue weighted by atomic mass is 16.5. The number of carbonyl (C=O) groups excluding carboxylic acids is 2. The van der Waals surface area contributed by atoms with Crippen molar-refractivity contribution < 1.29 is 19.1 Å². The fraction of sp³-hybridized carbons (Fsp3) is 0.167. The highest BCUT2D eigenvalue weighted by Crippen LogP contribution is 2.17. The van der Waals surface area contributed by atoms with E-state index in [-0.39, 0.29) is 11.3 Å². The topological polar surface area (TPSA) is 96.2 Å². The number of carbonyl (C=O) groups is 2. The van der Waals surface area contributed by atoms with Gasteiger partial charge in [0, 0.05) is 5.56 Å². The van der Waals surface area contributed by atoms with Gasteiger partial charge in [0.25, 0.3) is 0 Å². The lowest BCUT2D eigenvalue weighted by atomic mass is 10.1. The molecular weight excluding hydrogens is 336 g/mol. The summed E-state index contributed by atoms with van der Waals surface area (Å²) in [5.41, 5.74) is 1.15. The molecule has 1 aromatic heterocycles. The van der Waals surface area contributed by atoms with Crippen molar-refractivity contribution >= 4 is 11.8 Å². The van der Waals surface area contributed by atoms with Gasteiger partial charge in [-0.15, -0.1) is 5.10 Å². The summed E-state index contributed by atoms with van der Waals surface area (Å²) in [6, 6.07) is 13.3. The summed E-state index contributed by atoms with van der Waals surface area (Å²) >= 11 is 0. The van der Waals surface area contributed by atoms with E-state index < -0.39 is 12.1 Å². The number of aromatic nitrogens is 4. The summed E-state index contributed by atoms with van der Waals surface area (Å²) in [5.74, 6) is -0.298. The number of ether oxygens (including phenoxy) is 2. The van der Waals surface area contributed by atoms with Crippen LogP contribution in [-0.2, 0) is 4.74 Å². The van der Waals surface area contributed by atoms with Gasteiger partial charge in [-0.2, -0.15) is 4.68 Å². The molecule has 3 rings (SSSR count). The summed E-state index contributed by atoms with van der Waals surface area (Å²) < 4.78 is 11.8. The summed E-state index contributed by atoms with van der Waals surface area (Å²) in [6.07, 6.45) is 0.427. The van der Waals surface area contributed by atoms with Gasteiger partial charge in [0.1, 0.15) is 12.1 Å². The van der Waals surface area contributed by atoms with Crippen molar-refractivity contribution in [1.82, 2.24) is 20.2 Å². The molecule has 26 heavy (non-hydrogen) atoms. The molecule has 0 radical (unpaired) electrons. The van der Waals surface area contributed by atoms with E-state index in [2.05, 4.69) is 15.5 Å². The van der Waals surface area contributed by atoms with Crippen LogP contribution in [0.4, 0.5) is 0 Å². The third-order valence-electron chi connectivity index (χ3n) is 3.75. The molecule has 8 heteroatoms. The van der Waals surface area contributed by atoms with Crippen LogP contribution in [0.2, 0.25) is 0 Å². The van der Waals surface area contributed by atoms with Crippen LogP contribution in [-0.4, -0.2) is 45.2 Å². The van der Waals surface area contributed by atoms with Crippen molar-refractivity contribution in [2.75, 3.05) is 7.11 Å². The quantitative estimate of drug-likeness (QED) is 0.495. The van der Waals surface area contributed by atoms with Gasteiger partial charge in [0.2, 0.25) is 5.78 Å². The number of esters is 1. The Bertz CT molecular complexity index is 907. The van der Waals surface area contributed by atoms with Gasteiger partial charge in [-0.3, -0.25) is 4.79 Å². The highest BCUT2D eigenvalue weighted by molar-refractivity contribution is 6.02. The zero-order chi connectivity index (χ0) is 18.5. The van der Waals surface area contributed by atoms with Crippen molar-refractivity contribution in [2.45, 2.75) is 13.0 Å². The summed E-state index contributed by atoms with van der Waals surface area (Å²) in [5, 5.41) is 10.9. The number of methoxy groups -OCH3 is 1. The Morgan fingerprint density at radius 2 is 1.81 bits per heavy atom. The number of rotatable bonds is 6. The molecule has 0 saturated carbocycles. The standard InChI is InChI=1S/C18H16N4O4/c1-12(17(23)13-7-9-14(25-2)10-8-13)26-18(24)15-5-3-4-6-16(15)22-11-19-20-21-22/h3-12H,1-2H3/t12-/m0/s1. The molecule has 0 aliphatic carbocycles. The van der Waals surface area contributed by atoms with E-state index >= 15 is 0 Å². The van der Waals surface area contributed by atoms with Crippen LogP contribution < -0.4 is 4.74 Å². The average molecular weight is 352 g/mol. The lowest BCUT2D eigenvalue weighted by molar-refractivity contribution is 0.0318. The van der Waals surface area contributed by atoms with Gasteiger partial charge in [-0.05, 0) is 53.7 Å². The fourth-order valence-electron chi connectivity index (χ4n) is 2.39. The molecule has 3 aromatic rings. The lowest BCUT2D eigenvalue weighted by Gasteiger charge is -2.14. The Morgan fingerprint density at radius 3 is 2.46 bits per heavy atom. The zero-order valence-electron chi connectivity index (χ0n) is 14.2. The summed E-state index contributed by atoms with van der Waals surface area (Å²) in [7, 11) is 1.54. The third kappa shape index (κ3) is 3.59. The molecule has 0 aliphatic heterocycles. The zero-order valence-corrected chi connectivity index (χ0v) is 14.2. The number of nitrogens with zero attached hydrogens (tertiary/aromatic N) is 4. The van der Waals surface area contributed by atoms with Crippen molar-refractivity contribution in [2.24, 2.45) is 0 Å². The average Bonchev–Trinajstić information content (AvgIpc) is 3.22. The van der Waals surface area contributed by atoms with Crippen LogP contribution in [0.25, 0.3) is 5.69 Å². The molecule has 1 atom stereocenters. The van der Waals surface area contributed by atoms with Gasteiger partial charge >= 0.3 is 5.97 Å². The Labute approximate surface area is 149 Å². The molecule has 0 amide bonds. The normalized spacial score (nSPS) is 11.6. The number of ketones is 1. The molecule has 1 heterocycles. The van der Waals surface area contributed by atoms with Crippen molar-refractivity contribution in [1.29, 1.82) is 0 Å². The molecule has 2 aromatic carbocycles. The molecule has 0 fully saturated rings. The molecule has 132 valence electrons. The number of para-hydroxylation sites is 1. The van der Waals surface area contributed by atoms with Crippen LogP contribution in [0, 0.1) is 0 Å². The van der Waals surface area contributed by atoms with Crippen LogP contribution in [0.15, 0.2) is 54.9 Å². The first-order valence-corrected chi connectivity index (χ1v) is 7.82. The van der Waals surface area contributed by atoms with Crippen molar-refractivity contribution in [3.05, 3.63) is 66.0 Å². The predicted molar refractivity (Wildman–Crippen MR) is 91.4 cm³/mol. The second-order valence-corrected chi connectivity index (χ2v) is 5.41. The molecule has 0 spiro atoms. The number of hydrogen-bond acceptors (Lipinski definition) is 7. The van der Waals surface area contributed by atoms with Crippen LogP contribution >= 0.6 is 0 Å². The molecule has 0 bridgehead atoms. The van der Waals surface area contributed by atoms with E-state index in [1.807, 2.05) is 0 Å². The van der Waals surface area contributed by atoms with Gasteiger partial charge in [-0.1, -0.05) is 12.1 Å². The van der Waals surface area contributed by atoms with E-state index in [4.69, 9.17) is 9.47 Å². The molecular formula is C18H16N4O4. The van der Waals surface area contributed by atoms with Gasteiger partial charge in [-0.25, -0.2) is 4.79 Å². The third-order valence-corrected chi connectivity index (χ3v) is 3.75. The van der Waals surface area contributed by atoms with E-state index in [0.29, 0.717) is 17.0 Å². The van der Waals surface area contributed by atoms with Gasteiger partial charge < -0.3 is 9.47 Å². The van der Waals surface area contributed by atoms with Crippen LogP contribution in [0.5, 0.6) is 5.75 Å². The van der Waals surface area contributed by atoms with Gasteiger partial charge in [0.05, 0.1) is 18.4 Å². The molecule has 0 unspecified atom stereocenters. The van der Waals surface area contributed by atoms with Crippen LogP contribution in [0.3, 0.4) is 0 Å². The first-order chi connectivity index (χ1) is 12.6. The first-order valence-electron chi connectivity index (χ1n) is 7.82. The van der Waals surface area contributed by atoms with Crippen LogP contribution in [0.1, 0.15) is 27.6 Å². The number of hydrogen-bond donors (Lipinski definition) is 0. The van der Waals surface area contributed by atoms with Gasteiger partial charge in [0.15, 0.2) is 6.10 Å². The predicted octanol–water partition coefficient (Wildman–Crippen LogP) is 2.10.